The average molecular weight is 282 g/mol. The maximum absolute atomic E-state index is 12.3. The first-order valence-corrected chi connectivity index (χ1v) is 8.56. The summed E-state index contributed by atoms with van der Waals surface area (Å²) in [5.41, 5.74) is 0. The molecule has 0 spiro atoms. The minimum absolute atomic E-state index is 0.0296. The van der Waals surface area contributed by atoms with E-state index in [-0.39, 0.29) is 17.7 Å². The second-order valence-electron chi connectivity index (χ2n) is 5.56. The Hall–Kier alpha value is 0.200. The predicted octanol–water partition coefficient (Wildman–Crippen LogP) is 2.70. The third kappa shape index (κ3) is 5.14. The molecule has 17 heavy (non-hydrogen) atoms. The fraction of sp³-hybridized carbons (Fsp3) is 1.00. The van der Waals surface area contributed by atoms with E-state index in [1.165, 1.54) is 0 Å². The molecule has 1 saturated carbocycles. The summed E-state index contributed by atoms with van der Waals surface area (Å²) in [5.74, 6) is 1.16. The predicted molar refractivity (Wildman–Crippen MR) is 72.9 cm³/mol. The van der Waals surface area contributed by atoms with Gasteiger partial charge in [-0.25, -0.2) is 8.42 Å². The van der Waals surface area contributed by atoms with Gasteiger partial charge in [-0.05, 0) is 31.1 Å². The number of nitrogens with zero attached hydrogens (tertiary/aromatic N) is 1. The lowest BCUT2D eigenvalue weighted by Gasteiger charge is -2.24. The molecule has 0 bridgehead atoms. The van der Waals surface area contributed by atoms with E-state index >= 15 is 0 Å². The Balaban J connectivity index is 2.62. The zero-order valence-corrected chi connectivity index (χ0v) is 12.6. The summed E-state index contributed by atoms with van der Waals surface area (Å²) in [7, 11) is -3.12. The van der Waals surface area contributed by atoms with E-state index in [1.54, 1.807) is 4.31 Å². The number of hydrogen-bond donors (Lipinski definition) is 0. The van der Waals surface area contributed by atoms with Crippen molar-refractivity contribution in [1.29, 1.82) is 0 Å². The summed E-state index contributed by atoms with van der Waals surface area (Å²) in [6.07, 6.45) is 2.98. The normalized spacial score (nSPS) is 18.9. The van der Waals surface area contributed by atoms with Crippen LogP contribution in [0, 0.1) is 11.8 Å². The standard InChI is InChI=1S/C12H24ClNO2S/c1-10(2)6-7-14(12-4-5-12)17(15,16)9-11(3)8-13/h10-12H,4-9H2,1-3H3. The van der Waals surface area contributed by atoms with E-state index in [0.717, 1.165) is 19.3 Å². The van der Waals surface area contributed by atoms with Crippen molar-refractivity contribution < 1.29 is 8.42 Å². The van der Waals surface area contributed by atoms with Gasteiger partial charge in [-0.15, -0.1) is 11.6 Å². The highest BCUT2D eigenvalue weighted by molar-refractivity contribution is 7.89. The second-order valence-corrected chi connectivity index (χ2v) is 7.84. The van der Waals surface area contributed by atoms with Gasteiger partial charge in [0.1, 0.15) is 0 Å². The second kappa shape index (κ2) is 6.39. The number of sulfonamides is 1. The summed E-state index contributed by atoms with van der Waals surface area (Å²) in [6, 6.07) is 0.265. The largest absolute Gasteiger partial charge is 0.214 e. The van der Waals surface area contributed by atoms with Crippen LogP contribution in [0.5, 0.6) is 0 Å². The minimum atomic E-state index is -3.12. The van der Waals surface area contributed by atoms with E-state index in [9.17, 15) is 8.42 Å². The van der Waals surface area contributed by atoms with Crippen LogP contribution >= 0.6 is 11.6 Å². The van der Waals surface area contributed by atoms with Crippen LogP contribution in [0.3, 0.4) is 0 Å². The van der Waals surface area contributed by atoms with E-state index in [0.29, 0.717) is 18.3 Å². The van der Waals surface area contributed by atoms with Gasteiger partial charge < -0.3 is 0 Å². The molecule has 0 heterocycles. The lowest BCUT2D eigenvalue weighted by molar-refractivity contribution is 0.371. The van der Waals surface area contributed by atoms with E-state index in [4.69, 9.17) is 11.6 Å². The Morgan fingerprint density at radius 3 is 2.29 bits per heavy atom. The molecule has 3 nitrogen and oxygen atoms in total. The molecule has 0 N–H and O–H groups in total. The van der Waals surface area contributed by atoms with Crippen molar-refractivity contribution in [3.8, 4) is 0 Å². The first-order valence-electron chi connectivity index (χ1n) is 6.42. The molecule has 1 fully saturated rings. The number of halogens is 1. The zero-order chi connectivity index (χ0) is 13.1. The van der Waals surface area contributed by atoms with Crippen LogP contribution in [0.1, 0.15) is 40.0 Å². The van der Waals surface area contributed by atoms with Crippen molar-refractivity contribution in [2.24, 2.45) is 11.8 Å². The summed E-state index contributed by atoms with van der Waals surface area (Å²) in [5, 5.41) is 0. The SMILES string of the molecule is CC(C)CCN(C1CC1)S(=O)(=O)CC(C)CCl. The highest BCUT2D eigenvalue weighted by atomic mass is 35.5. The van der Waals surface area contributed by atoms with Gasteiger partial charge >= 0.3 is 0 Å². The zero-order valence-electron chi connectivity index (χ0n) is 11.0. The maximum atomic E-state index is 12.3. The Kier molecular flexibility index (Phi) is 5.74. The molecule has 0 aromatic rings. The highest BCUT2D eigenvalue weighted by Gasteiger charge is 2.37. The van der Waals surface area contributed by atoms with Crippen LogP contribution in [-0.2, 0) is 10.0 Å². The maximum Gasteiger partial charge on any atom is 0.214 e. The fourth-order valence-electron chi connectivity index (χ4n) is 1.80. The third-order valence-electron chi connectivity index (χ3n) is 3.00. The molecule has 5 heteroatoms. The van der Waals surface area contributed by atoms with Crippen LogP contribution in [-0.4, -0.2) is 36.9 Å². The molecule has 1 rings (SSSR count). The van der Waals surface area contributed by atoms with Crippen molar-refractivity contribution in [2.45, 2.75) is 46.1 Å². The smallest absolute Gasteiger partial charge is 0.212 e. The number of alkyl halides is 1. The van der Waals surface area contributed by atoms with Gasteiger partial charge in [0.25, 0.3) is 0 Å². The molecule has 1 aliphatic carbocycles. The molecule has 0 aromatic carbocycles. The van der Waals surface area contributed by atoms with Gasteiger partial charge in [-0.2, -0.15) is 4.31 Å². The topological polar surface area (TPSA) is 37.4 Å². The van der Waals surface area contributed by atoms with Crippen molar-refractivity contribution in [3.63, 3.8) is 0 Å². The molecular weight excluding hydrogens is 258 g/mol. The molecule has 1 unspecified atom stereocenters. The molecule has 102 valence electrons. The minimum Gasteiger partial charge on any atom is -0.212 e. The molecule has 1 aliphatic rings. The van der Waals surface area contributed by atoms with Crippen molar-refractivity contribution >= 4 is 21.6 Å². The van der Waals surface area contributed by atoms with Gasteiger partial charge in [0, 0.05) is 18.5 Å². The molecule has 1 atom stereocenters. The number of hydrogen-bond acceptors (Lipinski definition) is 2. The Morgan fingerprint density at radius 1 is 1.29 bits per heavy atom. The molecular formula is C12H24ClNO2S. The quantitative estimate of drug-likeness (QED) is 0.642. The lowest BCUT2D eigenvalue weighted by Crippen LogP contribution is -2.38. The van der Waals surface area contributed by atoms with Gasteiger partial charge in [0.2, 0.25) is 10.0 Å². The molecule has 0 saturated heterocycles. The van der Waals surface area contributed by atoms with Gasteiger partial charge in [-0.1, -0.05) is 20.8 Å². The summed E-state index contributed by atoms with van der Waals surface area (Å²) in [6.45, 7) is 6.80. The molecule has 0 aromatic heterocycles. The van der Waals surface area contributed by atoms with Crippen LogP contribution in [0.25, 0.3) is 0 Å². The molecule has 0 radical (unpaired) electrons. The average Bonchev–Trinajstić information content (AvgIpc) is 3.00. The summed E-state index contributed by atoms with van der Waals surface area (Å²) >= 11 is 5.70. The summed E-state index contributed by atoms with van der Waals surface area (Å²) < 4.78 is 26.2. The van der Waals surface area contributed by atoms with Crippen LogP contribution in [0.2, 0.25) is 0 Å². The van der Waals surface area contributed by atoms with E-state index in [1.807, 2.05) is 6.92 Å². The molecule has 0 aliphatic heterocycles. The fourth-order valence-corrected chi connectivity index (χ4v) is 4.11. The lowest BCUT2D eigenvalue weighted by atomic mass is 10.1. The van der Waals surface area contributed by atoms with Crippen molar-refractivity contribution in [1.82, 2.24) is 4.31 Å². The first-order chi connectivity index (χ1) is 7.86. The van der Waals surface area contributed by atoms with Gasteiger partial charge in [0.15, 0.2) is 0 Å². The Bertz CT molecular complexity index is 325. The van der Waals surface area contributed by atoms with Crippen molar-refractivity contribution in [2.75, 3.05) is 18.2 Å². The Morgan fingerprint density at radius 2 is 1.88 bits per heavy atom. The number of rotatable bonds is 8. The first kappa shape index (κ1) is 15.3. The van der Waals surface area contributed by atoms with Crippen LogP contribution in [0.15, 0.2) is 0 Å². The highest BCUT2D eigenvalue weighted by Crippen LogP contribution is 2.30. The van der Waals surface area contributed by atoms with E-state index in [2.05, 4.69) is 13.8 Å². The third-order valence-corrected chi connectivity index (χ3v) is 5.71. The van der Waals surface area contributed by atoms with Gasteiger partial charge in [-0.3, -0.25) is 0 Å². The summed E-state index contributed by atoms with van der Waals surface area (Å²) in [4.78, 5) is 0. The molecule has 0 amide bonds. The Labute approximate surface area is 111 Å². The van der Waals surface area contributed by atoms with Gasteiger partial charge in [0.05, 0.1) is 5.75 Å². The van der Waals surface area contributed by atoms with Crippen LogP contribution in [0.4, 0.5) is 0 Å². The van der Waals surface area contributed by atoms with E-state index < -0.39 is 10.0 Å². The van der Waals surface area contributed by atoms with Crippen LogP contribution < -0.4 is 0 Å². The monoisotopic (exact) mass is 281 g/mol. The van der Waals surface area contributed by atoms with Crippen molar-refractivity contribution in [3.05, 3.63) is 0 Å².